The highest BCUT2D eigenvalue weighted by molar-refractivity contribution is 7.90. The van der Waals surface area contributed by atoms with Crippen LogP contribution in [0.4, 0.5) is 21.5 Å². The van der Waals surface area contributed by atoms with Crippen LogP contribution < -0.4 is 24.4 Å². The molecule has 5 aliphatic rings. The predicted octanol–water partition coefficient (Wildman–Crippen LogP) is 9.52. The fourth-order valence-corrected chi connectivity index (χ4v) is 12.7. The lowest BCUT2D eigenvalue weighted by Gasteiger charge is -2.56. The van der Waals surface area contributed by atoms with Gasteiger partial charge in [0.05, 0.1) is 38.6 Å². The van der Waals surface area contributed by atoms with Gasteiger partial charge in [0.15, 0.2) is 11.4 Å². The van der Waals surface area contributed by atoms with E-state index >= 15 is 0 Å². The highest BCUT2D eigenvalue weighted by Gasteiger charge is 2.50. The molecule has 5 heterocycles. The summed E-state index contributed by atoms with van der Waals surface area (Å²) >= 11 is 0. The van der Waals surface area contributed by atoms with Gasteiger partial charge in [-0.3, -0.25) is 19.8 Å². The van der Waals surface area contributed by atoms with Gasteiger partial charge in [-0.1, -0.05) is 45.0 Å². The first-order valence-electron chi connectivity index (χ1n) is 23.9. The summed E-state index contributed by atoms with van der Waals surface area (Å²) in [6.07, 6.45) is 11.8. The number of hydrogen-bond donors (Lipinski definition) is 4. The van der Waals surface area contributed by atoms with Crippen molar-refractivity contribution in [1.29, 1.82) is 0 Å². The lowest BCUT2D eigenvalue weighted by atomic mass is 9.59. The number of nitrogens with one attached hydrogen (secondary N) is 3. The molecule has 3 aromatic carbocycles. The molecule has 360 valence electrons. The molecule has 3 aliphatic heterocycles. The van der Waals surface area contributed by atoms with Crippen LogP contribution in [-0.2, 0) is 15.4 Å². The topological polar surface area (TPSA) is 192 Å². The van der Waals surface area contributed by atoms with E-state index in [2.05, 4.69) is 74.8 Å². The number of nitro groups is 1. The third-order valence-electron chi connectivity index (χ3n) is 15.5. The van der Waals surface area contributed by atoms with Gasteiger partial charge >= 0.3 is 0 Å². The number of amides is 1. The van der Waals surface area contributed by atoms with E-state index in [9.17, 15) is 32.8 Å². The summed E-state index contributed by atoms with van der Waals surface area (Å²) < 4.78 is 57.0. The van der Waals surface area contributed by atoms with Gasteiger partial charge in [-0.2, -0.15) is 0 Å². The number of ether oxygens (including phenoxy) is 2. The van der Waals surface area contributed by atoms with Crippen LogP contribution in [0.3, 0.4) is 0 Å². The summed E-state index contributed by atoms with van der Waals surface area (Å²) in [5.41, 5.74) is 2.94. The lowest BCUT2D eigenvalue weighted by Crippen LogP contribution is -2.55. The second-order valence-electron chi connectivity index (χ2n) is 21.2. The summed E-state index contributed by atoms with van der Waals surface area (Å²) in [7, 11) is -4.71. The number of hydrogen-bond acceptors (Lipinski definition) is 12. The van der Waals surface area contributed by atoms with Crippen molar-refractivity contribution in [2.45, 2.75) is 126 Å². The average molecular weight is 950 g/mol. The molecule has 2 atom stereocenters. The number of nitro benzene ring substituents is 1. The molecular formula is C51H60FN7O8S. The number of aliphatic hydroxyl groups is 1. The van der Waals surface area contributed by atoms with E-state index in [-0.39, 0.29) is 63.3 Å². The van der Waals surface area contributed by atoms with Crippen LogP contribution in [-0.4, -0.2) is 83.1 Å². The second-order valence-corrected chi connectivity index (χ2v) is 22.9. The number of carbonyl (C=O) groups excluding carboxylic acids is 1. The molecule has 68 heavy (non-hydrogen) atoms. The second kappa shape index (κ2) is 17.3. The number of anilines is 2. The average Bonchev–Trinajstić information content (AvgIpc) is 3.93. The number of likely N-dealkylation sites (tertiary alicyclic amines) is 1. The monoisotopic (exact) mass is 949 g/mol. The summed E-state index contributed by atoms with van der Waals surface area (Å²) in [5, 5.41) is 26.2. The Hall–Kier alpha value is -5.78. The van der Waals surface area contributed by atoms with Gasteiger partial charge in [-0.25, -0.2) is 22.5 Å². The highest BCUT2D eigenvalue weighted by atomic mass is 32.2. The molecule has 0 bridgehead atoms. The van der Waals surface area contributed by atoms with E-state index in [1.54, 1.807) is 19.1 Å². The zero-order chi connectivity index (χ0) is 47.8. The van der Waals surface area contributed by atoms with Gasteiger partial charge in [-0.05, 0) is 124 Å². The molecule has 1 spiro atoms. The summed E-state index contributed by atoms with van der Waals surface area (Å²) in [6.45, 7) is 11.5. The Morgan fingerprint density at radius 1 is 1.03 bits per heavy atom. The first-order chi connectivity index (χ1) is 32.4. The Kier molecular flexibility index (Phi) is 11.7. The Labute approximate surface area is 396 Å². The molecule has 2 aliphatic carbocycles. The number of rotatable bonds is 10. The van der Waals surface area contributed by atoms with Crippen LogP contribution in [0.2, 0.25) is 0 Å². The van der Waals surface area contributed by atoms with Gasteiger partial charge in [0.25, 0.3) is 21.6 Å². The van der Waals surface area contributed by atoms with Crippen molar-refractivity contribution < 1.29 is 37.1 Å². The van der Waals surface area contributed by atoms with Crippen LogP contribution >= 0.6 is 0 Å². The maximum atomic E-state index is 14.7. The molecule has 1 amide bonds. The first kappa shape index (κ1) is 46.0. The van der Waals surface area contributed by atoms with Gasteiger partial charge < -0.3 is 29.8 Å². The number of pyridine rings is 1. The smallest absolute Gasteiger partial charge is 0.297 e. The molecule has 15 nitrogen and oxygen atoms in total. The van der Waals surface area contributed by atoms with Crippen LogP contribution in [0, 0.1) is 27.3 Å². The molecule has 10 rings (SSSR count). The highest BCUT2D eigenvalue weighted by Crippen LogP contribution is 2.55. The fourth-order valence-electron chi connectivity index (χ4n) is 11.7. The molecular weight excluding hydrogens is 890 g/mol. The van der Waals surface area contributed by atoms with Crippen molar-refractivity contribution in [2.24, 2.45) is 11.3 Å². The molecule has 17 heteroatoms. The van der Waals surface area contributed by atoms with Gasteiger partial charge in [-0.15, -0.1) is 0 Å². The third-order valence-corrected chi connectivity index (χ3v) is 16.8. The van der Waals surface area contributed by atoms with E-state index in [1.807, 2.05) is 0 Å². The number of halogens is 1. The summed E-state index contributed by atoms with van der Waals surface area (Å²) in [5.74, 6) is -1.37. The van der Waals surface area contributed by atoms with Crippen molar-refractivity contribution in [3.63, 3.8) is 0 Å². The maximum Gasteiger partial charge on any atom is 0.297 e. The third kappa shape index (κ3) is 8.88. The van der Waals surface area contributed by atoms with Crippen LogP contribution in [0.5, 0.6) is 17.2 Å². The van der Waals surface area contributed by atoms with Gasteiger partial charge in [0.2, 0.25) is 0 Å². The van der Waals surface area contributed by atoms with Crippen molar-refractivity contribution in [1.82, 2.24) is 19.6 Å². The number of sulfonamides is 1. The number of carbonyl (C=O) groups is 1. The zero-order valence-corrected chi connectivity index (χ0v) is 39.8. The number of H-pyrrole nitrogens is 1. The standard InChI is InChI=1S/C51H60FN7O8S/c1-49(2,3)39-9-6-5-8-36(39)42-10-7-19-58(42)33-26-51(27-33)17-20-57(21-18-51)32-11-12-37(44(22-32)67-34-23-38-40(52)29-54-47(38)53-28-34)48(60)56-68(64,65)35-24-43(59(62)63)46-45(25-35)66-30-41(55-46)31-13-15-50(4,61)16-14-31/h5-6,8-9,11-12,22-25,28-29,31,33,41-42,55,61H,7,10,13-21,26-27,30H2,1-4H3,(H,53,54)(H,56,60)/t31-,41-,42-,50-/m1/s1. The van der Waals surface area contributed by atoms with E-state index in [0.29, 0.717) is 43.4 Å². The number of nitrogens with zero attached hydrogens (tertiary/aromatic N) is 4. The quantitative estimate of drug-likeness (QED) is 0.0767. The fraction of sp³-hybridized carbons (Fsp3) is 0.490. The normalized spacial score (nSPS) is 24.2. The van der Waals surface area contributed by atoms with Gasteiger partial charge in [0.1, 0.15) is 29.6 Å². The van der Waals surface area contributed by atoms with Crippen molar-refractivity contribution in [2.75, 3.05) is 36.5 Å². The Morgan fingerprint density at radius 3 is 2.51 bits per heavy atom. The molecule has 2 saturated heterocycles. The van der Waals surface area contributed by atoms with Crippen molar-refractivity contribution in [3.05, 3.63) is 106 Å². The van der Waals surface area contributed by atoms with E-state index in [0.717, 1.165) is 57.1 Å². The molecule has 4 N–H and O–H groups in total. The molecule has 2 saturated carbocycles. The molecule has 4 fully saturated rings. The van der Waals surface area contributed by atoms with Crippen molar-refractivity contribution >= 4 is 44.0 Å². The van der Waals surface area contributed by atoms with Crippen LogP contribution in [0.1, 0.15) is 119 Å². The number of aromatic amines is 1. The first-order valence-corrected chi connectivity index (χ1v) is 25.4. The minimum Gasteiger partial charge on any atom is -0.489 e. The zero-order valence-electron chi connectivity index (χ0n) is 39.0. The summed E-state index contributed by atoms with van der Waals surface area (Å²) in [6, 6.07) is 18.1. The number of piperidine rings is 1. The van der Waals surface area contributed by atoms with E-state index in [4.69, 9.17) is 9.47 Å². The Balaban J connectivity index is 0.862. The lowest BCUT2D eigenvalue weighted by molar-refractivity contribution is -0.384. The van der Waals surface area contributed by atoms with Crippen molar-refractivity contribution in [3.8, 4) is 17.2 Å². The largest absolute Gasteiger partial charge is 0.489 e. The van der Waals surface area contributed by atoms with E-state index < -0.39 is 42.9 Å². The Bertz CT molecular complexity index is 2870. The molecule has 0 unspecified atom stereocenters. The van der Waals surface area contributed by atoms with Gasteiger partial charge in [0, 0.05) is 55.3 Å². The molecule has 0 radical (unpaired) electrons. The Morgan fingerprint density at radius 2 is 1.78 bits per heavy atom. The minimum absolute atomic E-state index is 0.0196. The number of benzene rings is 3. The number of fused-ring (bicyclic) bond motifs is 2. The van der Waals surface area contributed by atoms with Crippen LogP contribution in [0.25, 0.3) is 11.0 Å². The SMILES string of the molecule is CC(C)(C)c1ccccc1[C@H]1CCCN1C1CC2(CCN(c3ccc(C(=O)NS(=O)(=O)c4cc5c(c([N+](=O)[O-])c4)N[C@@H]([C@H]4CC[C@](C)(O)CC4)CO5)c(Oc4cnc5[nH]cc(F)c5c4)c3)CC2)C1. The van der Waals surface area contributed by atoms with E-state index in [1.165, 1.54) is 54.6 Å². The summed E-state index contributed by atoms with van der Waals surface area (Å²) in [4.78, 5) is 37.3. The molecule has 2 aromatic heterocycles. The predicted molar refractivity (Wildman–Crippen MR) is 257 cm³/mol. The molecule has 5 aromatic rings. The minimum atomic E-state index is -4.71. The number of aromatic nitrogens is 2. The maximum absolute atomic E-state index is 14.7. The van der Waals surface area contributed by atoms with Crippen LogP contribution in [0.15, 0.2) is 78.0 Å².